The molecular weight excluding hydrogens is 248 g/mol. The van der Waals surface area contributed by atoms with Crippen molar-refractivity contribution in [1.82, 2.24) is 20.1 Å². The molecule has 1 aromatic carbocycles. The minimum absolute atomic E-state index is 0.0132. The largest absolute Gasteiger partial charge is 0.285 e. The number of carbonyl (C=O) groups is 2. The van der Waals surface area contributed by atoms with Gasteiger partial charge in [0.2, 0.25) is 0 Å². The van der Waals surface area contributed by atoms with Crippen molar-refractivity contribution in [3.8, 4) is 0 Å². The molecule has 3 rings (SSSR count). The molecule has 7 nitrogen and oxygen atoms in total. The molecule has 1 aromatic heterocycles. The molecule has 19 heavy (non-hydrogen) atoms. The summed E-state index contributed by atoms with van der Waals surface area (Å²) in [5.41, 5.74) is 1.25. The standard InChI is InChI=1S/C12H10N4O3/c1-15-6-8(13-14-15)7-19-16-11(17)9-4-2-3-5-10(9)12(16)18/h2-6H,7H2,1H3. The van der Waals surface area contributed by atoms with Crippen molar-refractivity contribution < 1.29 is 14.4 Å². The van der Waals surface area contributed by atoms with Crippen LogP contribution in [0.4, 0.5) is 0 Å². The van der Waals surface area contributed by atoms with Crippen molar-refractivity contribution in [2.45, 2.75) is 6.61 Å². The van der Waals surface area contributed by atoms with E-state index >= 15 is 0 Å². The minimum Gasteiger partial charge on any atom is -0.266 e. The SMILES string of the molecule is Cn1cc(CON2C(=O)c3ccccc3C2=O)nn1. The van der Waals surface area contributed by atoms with Crippen molar-refractivity contribution in [2.24, 2.45) is 7.05 Å². The molecule has 2 amide bonds. The summed E-state index contributed by atoms with van der Waals surface area (Å²) < 4.78 is 1.51. The zero-order valence-electron chi connectivity index (χ0n) is 10.1. The van der Waals surface area contributed by atoms with Gasteiger partial charge in [0.1, 0.15) is 12.3 Å². The molecule has 1 aliphatic rings. The number of carbonyl (C=O) groups excluding carboxylic acids is 2. The predicted molar refractivity (Wildman–Crippen MR) is 62.7 cm³/mol. The van der Waals surface area contributed by atoms with Crippen LogP contribution in [0.25, 0.3) is 0 Å². The molecule has 0 atom stereocenters. The maximum Gasteiger partial charge on any atom is 0.285 e. The molecule has 0 fully saturated rings. The molecule has 1 aliphatic heterocycles. The quantitative estimate of drug-likeness (QED) is 0.751. The molecule has 0 saturated carbocycles. The average molecular weight is 258 g/mol. The van der Waals surface area contributed by atoms with Crippen LogP contribution in [0.3, 0.4) is 0 Å². The van der Waals surface area contributed by atoms with E-state index in [-0.39, 0.29) is 6.61 Å². The topological polar surface area (TPSA) is 77.3 Å². The molecule has 0 saturated heterocycles. The summed E-state index contributed by atoms with van der Waals surface area (Å²) in [6.07, 6.45) is 1.65. The Morgan fingerprint density at radius 1 is 1.16 bits per heavy atom. The average Bonchev–Trinajstić information content (AvgIpc) is 2.93. The van der Waals surface area contributed by atoms with E-state index in [1.807, 2.05) is 0 Å². The zero-order chi connectivity index (χ0) is 13.4. The second kappa shape index (κ2) is 4.29. The molecule has 0 aliphatic carbocycles. The number of hydrogen-bond acceptors (Lipinski definition) is 5. The second-order valence-electron chi connectivity index (χ2n) is 4.11. The number of imide groups is 1. The monoisotopic (exact) mass is 258 g/mol. The van der Waals surface area contributed by atoms with E-state index in [1.165, 1.54) is 4.68 Å². The van der Waals surface area contributed by atoms with Crippen molar-refractivity contribution in [1.29, 1.82) is 0 Å². The van der Waals surface area contributed by atoms with E-state index < -0.39 is 11.8 Å². The molecule has 0 spiro atoms. The van der Waals surface area contributed by atoms with E-state index in [0.717, 1.165) is 5.06 Å². The lowest BCUT2D eigenvalue weighted by atomic mass is 10.1. The van der Waals surface area contributed by atoms with Gasteiger partial charge in [-0.2, -0.15) is 0 Å². The van der Waals surface area contributed by atoms with Crippen LogP contribution in [0.15, 0.2) is 30.5 Å². The van der Waals surface area contributed by atoms with Gasteiger partial charge in [-0.25, -0.2) is 0 Å². The first kappa shape index (κ1) is 11.5. The first-order valence-electron chi connectivity index (χ1n) is 5.63. The Hall–Kier alpha value is -2.54. The van der Waals surface area contributed by atoms with Gasteiger partial charge in [-0.3, -0.25) is 19.1 Å². The minimum atomic E-state index is -0.454. The van der Waals surface area contributed by atoms with E-state index in [9.17, 15) is 9.59 Å². The maximum absolute atomic E-state index is 12.0. The Morgan fingerprint density at radius 3 is 2.32 bits per heavy atom. The second-order valence-corrected chi connectivity index (χ2v) is 4.11. The van der Waals surface area contributed by atoms with Gasteiger partial charge in [0.25, 0.3) is 11.8 Å². The normalized spacial score (nSPS) is 14.1. The summed E-state index contributed by atoms with van der Waals surface area (Å²) in [5.74, 6) is -0.908. The molecular formula is C12H10N4O3. The van der Waals surface area contributed by atoms with Gasteiger partial charge in [0, 0.05) is 7.05 Å². The summed E-state index contributed by atoms with van der Waals surface area (Å²) in [5, 5.41) is 8.32. The Kier molecular flexibility index (Phi) is 2.60. The molecule has 0 radical (unpaired) electrons. The van der Waals surface area contributed by atoms with Crippen LogP contribution in [-0.4, -0.2) is 31.9 Å². The summed E-state index contributed by atoms with van der Waals surface area (Å²) in [7, 11) is 1.72. The van der Waals surface area contributed by atoms with Gasteiger partial charge < -0.3 is 0 Å². The van der Waals surface area contributed by atoms with E-state index in [4.69, 9.17) is 4.84 Å². The van der Waals surface area contributed by atoms with Gasteiger partial charge in [0.05, 0.1) is 17.3 Å². The number of nitrogens with zero attached hydrogens (tertiary/aromatic N) is 4. The fourth-order valence-electron chi connectivity index (χ4n) is 1.88. The fraction of sp³-hybridized carbons (Fsp3) is 0.167. The molecule has 2 aromatic rings. The highest BCUT2D eigenvalue weighted by atomic mass is 16.7. The number of hydroxylamine groups is 2. The zero-order valence-corrected chi connectivity index (χ0v) is 10.1. The lowest BCUT2D eigenvalue weighted by molar-refractivity contribution is -0.102. The maximum atomic E-state index is 12.0. The van der Waals surface area contributed by atoms with Gasteiger partial charge >= 0.3 is 0 Å². The van der Waals surface area contributed by atoms with Gasteiger partial charge in [-0.1, -0.05) is 17.3 Å². The van der Waals surface area contributed by atoms with Crippen LogP contribution < -0.4 is 0 Å². The van der Waals surface area contributed by atoms with Crippen LogP contribution in [0.2, 0.25) is 0 Å². The van der Waals surface area contributed by atoms with Crippen molar-refractivity contribution in [3.05, 3.63) is 47.3 Å². The van der Waals surface area contributed by atoms with Crippen molar-refractivity contribution in [3.63, 3.8) is 0 Å². The number of aryl methyl sites for hydroxylation is 1. The molecule has 0 unspecified atom stereocenters. The van der Waals surface area contributed by atoms with Crippen molar-refractivity contribution in [2.75, 3.05) is 0 Å². The first-order chi connectivity index (χ1) is 9.16. The van der Waals surface area contributed by atoms with E-state index in [0.29, 0.717) is 16.8 Å². The molecule has 0 N–H and O–H groups in total. The van der Waals surface area contributed by atoms with E-state index in [2.05, 4.69) is 10.3 Å². The van der Waals surface area contributed by atoms with Crippen LogP contribution in [-0.2, 0) is 18.5 Å². The number of amides is 2. The van der Waals surface area contributed by atoms with Gasteiger partial charge in [-0.15, -0.1) is 10.2 Å². The van der Waals surface area contributed by atoms with Gasteiger partial charge in [-0.05, 0) is 12.1 Å². The summed E-state index contributed by atoms with van der Waals surface area (Å²) in [6.45, 7) is 0.0132. The first-order valence-corrected chi connectivity index (χ1v) is 5.63. The number of aromatic nitrogens is 3. The number of rotatable bonds is 3. The molecule has 7 heteroatoms. The molecule has 96 valence electrons. The third kappa shape index (κ3) is 1.89. The molecule has 0 bridgehead atoms. The van der Waals surface area contributed by atoms with Crippen LogP contribution in [0.5, 0.6) is 0 Å². The Balaban J connectivity index is 1.77. The van der Waals surface area contributed by atoms with Crippen LogP contribution in [0, 0.1) is 0 Å². The highest BCUT2D eigenvalue weighted by Gasteiger charge is 2.36. The highest BCUT2D eigenvalue weighted by molar-refractivity contribution is 6.20. The van der Waals surface area contributed by atoms with E-state index in [1.54, 1.807) is 37.5 Å². The molecule has 2 heterocycles. The third-order valence-electron chi connectivity index (χ3n) is 2.75. The lowest BCUT2D eigenvalue weighted by Gasteiger charge is -2.11. The number of hydrogen-bond donors (Lipinski definition) is 0. The summed E-state index contributed by atoms with van der Waals surface area (Å²) >= 11 is 0. The number of fused-ring (bicyclic) bond motifs is 1. The Bertz CT molecular complexity index is 629. The fourth-order valence-corrected chi connectivity index (χ4v) is 1.88. The van der Waals surface area contributed by atoms with Crippen LogP contribution >= 0.6 is 0 Å². The smallest absolute Gasteiger partial charge is 0.266 e. The van der Waals surface area contributed by atoms with Gasteiger partial charge in [0.15, 0.2) is 0 Å². The lowest BCUT2D eigenvalue weighted by Crippen LogP contribution is -2.29. The van der Waals surface area contributed by atoms with Crippen molar-refractivity contribution >= 4 is 11.8 Å². The Morgan fingerprint density at radius 2 is 1.79 bits per heavy atom. The summed E-state index contributed by atoms with van der Waals surface area (Å²) in [6, 6.07) is 6.61. The summed E-state index contributed by atoms with van der Waals surface area (Å²) in [4.78, 5) is 29.2. The Labute approximate surface area is 108 Å². The third-order valence-corrected chi connectivity index (χ3v) is 2.75. The predicted octanol–water partition coefficient (Wildman–Crippen LogP) is 0.543. The van der Waals surface area contributed by atoms with Crippen LogP contribution in [0.1, 0.15) is 26.4 Å². The highest BCUT2D eigenvalue weighted by Crippen LogP contribution is 2.22. The number of benzene rings is 1.